The number of hydrogen-bond acceptors (Lipinski definition) is 4. The molecule has 1 heterocycles. The van der Waals surface area contributed by atoms with Crippen LogP contribution in [0.4, 0.5) is 8.78 Å². The van der Waals surface area contributed by atoms with Gasteiger partial charge in [-0.3, -0.25) is 4.79 Å². The molecule has 0 radical (unpaired) electrons. The van der Waals surface area contributed by atoms with E-state index in [2.05, 4.69) is 0 Å². The summed E-state index contributed by atoms with van der Waals surface area (Å²) in [6.07, 6.45) is 0.418. The molecule has 1 unspecified atom stereocenters. The van der Waals surface area contributed by atoms with Crippen LogP contribution in [0.25, 0.3) is 10.9 Å². The molecule has 6 nitrogen and oxygen atoms in total. The minimum Gasteiger partial charge on any atom is -0.477 e. The van der Waals surface area contributed by atoms with E-state index >= 15 is 0 Å². The number of carboxylic acid groups (broad SMARTS) is 1. The fourth-order valence-corrected chi connectivity index (χ4v) is 2.28. The topological polar surface area (TPSA) is 71.8 Å². The Morgan fingerprint density at radius 3 is 2.54 bits per heavy atom. The molecule has 1 atom stereocenters. The molecule has 8 heteroatoms. The monoisotopic (exact) mass is 340 g/mol. The van der Waals surface area contributed by atoms with Gasteiger partial charge in [0, 0.05) is 24.2 Å². The first-order valence-corrected chi connectivity index (χ1v) is 7.26. The Morgan fingerprint density at radius 2 is 1.96 bits per heavy atom. The Bertz CT molecular complexity index is 833. The van der Waals surface area contributed by atoms with Crippen LogP contribution in [0.5, 0.6) is 0 Å². The van der Waals surface area contributed by atoms with Gasteiger partial charge in [-0.1, -0.05) is 0 Å². The van der Waals surface area contributed by atoms with Crippen LogP contribution in [0.15, 0.2) is 23.1 Å². The number of halogens is 2. The Hall–Kier alpha value is -2.32. The summed E-state index contributed by atoms with van der Waals surface area (Å²) in [5.74, 6) is -3.78. The van der Waals surface area contributed by atoms with Crippen LogP contribution in [0.3, 0.4) is 0 Å². The number of carbonyl (C=O) groups is 1. The van der Waals surface area contributed by atoms with Crippen LogP contribution in [0.1, 0.15) is 23.5 Å². The van der Waals surface area contributed by atoms with Crippen molar-refractivity contribution in [2.45, 2.75) is 13.2 Å². The zero-order chi connectivity index (χ0) is 18.0. The molecule has 2 aromatic rings. The highest BCUT2D eigenvalue weighted by Crippen LogP contribution is 2.21. The van der Waals surface area contributed by atoms with Gasteiger partial charge in [-0.05, 0) is 27.1 Å². The molecule has 0 aliphatic heterocycles. The van der Waals surface area contributed by atoms with Crippen molar-refractivity contribution in [1.29, 1.82) is 0 Å². The zero-order valence-corrected chi connectivity index (χ0v) is 13.5. The lowest BCUT2D eigenvalue weighted by Crippen LogP contribution is -2.24. The van der Waals surface area contributed by atoms with Crippen molar-refractivity contribution in [3.05, 3.63) is 45.8 Å². The number of rotatable bonds is 6. The van der Waals surface area contributed by atoms with E-state index in [9.17, 15) is 23.5 Å². The fourth-order valence-electron chi connectivity index (χ4n) is 2.28. The largest absolute Gasteiger partial charge is 0.477 e. The van der Waals surface area contributed by atoms with Gasteiger partial charge in [-0.15, -0.1) is 0 Å². The second-order valence-corrected chi connectivity index (χ2v) is 5.64. The van der Waals surface area contributed by atoms with E-state index in [4.69, 9.17) is 4.74 Å². The quantitative estimate of drug-likeness (QED) is 0.872. The van der Waals surface area contributed by atoms with Crippen molar-refractivity contribution in [2.24, 2.45) is 0 Å². The van der Waals surface area contributed by atoms with Crippen LogP contribution in [0.2, 0.25) is 0 Å². The van der Waals surface area contributed by atoms with Crippen molar-refractivity contribution in [3.63, 3.8) is 0 Å². The van der Waals surface area contributed by atoms with E-state index in [0.29, 0.717) is 19.2 Å². The summed E-state index contributed by atoms with van der Waals surface area (Å²) < 4.78 is 34.0. The van der Waals surface area contributed by atoms with Gasteiger partial charge in [-0.25, -0.2) is 13.6 Å². The molecule has 24 heavy (non-hydrogen) atoms. The number of carboxylic acids is 1. The lowest BCUT2D eigenvalue weighted by molar-refractivity contribution is 0.0118. The van der Waals surface area contributed by atoms with Crippen LogP contribution in [-0.4, -0.2) is 47.8 Å². The third-order valence-corrected chi connectivity index (χ3v) is 3.59. The first kappa shape index (κ1) is 18.0. The average molecular weight is 340 g/mol. The van der Waals surface area contributed by atoms with Gasteiger partial charge < -0.3 is 19.3 Å². The van der Waals surface area contributed by atoms with Gasteiger partial charge in [0.2, 0.25) is 5.43 Å². The Kier molecular flexibility index (Phi) is 5.30. The van der Waals surface area contributed by atoms with Crippen molar-refractivity contribution in [1.82, 2.24) is 9.47 Å². The molecule has 0 aliphatic carbocycles. The van der Waals surface area contributed by atoms with E-state index in [-0.39, 0.29) is 10.9 Å². The van der Waals surface area contributed by atoms with Crippen LogP contribution in [0, 0.1) is 11.6 Å². The highest BCUT2D eigenvalue weighted by Gasteiger charge is 2.19. The lowest BCUT2D eigenvalue weighted by Gasteiger charge is -2.21. The molecule has 1 aromatic heterocycles. The Labute approximate surface area is 136 Å². The van der Waals surface area contributed by atoms with Crippen LogP contribution < -0.4 is 5.43 Å². The number of benzene rings is 1. The second-order valence-electron chi connectivity index (χ2n) is 5.64. The number of aromatic nitrogens is 1. The van der Waals surface area contributed by atoms with E-state index in [1.807, 2.05) is 19.0 Å². The third kappa shape index (κ3) is 3.60. The van der Waals surface area contributed by atoms with Crippen molar-refractivity contribution in [2.75, 3.05) is 27.2 Å². The SMILES string of the molecule is CC(OCCN(C)C)n1cc(C(=O)O)c(=O)c2cc(F)c(F)cc21. The van der Waals surface area contributed by atoms with Crippen molar-refractivity contribution >= 4 is 16.9 Å². The minimum atomic E-state index is -1.44. The maximum absolute atomic E-state index is 13.6. The summed E-state index contributed by atoms with van der Waals surface area (Å²) in [5, 5.41) is 8.96. The molecular formula is C16H18F2N2O4. The number of nitrogens with zero attached hydrogens (tertiary/aromatic N) is 2. The minimum absolute atomic E-state index is 0.0706. The standard InChI is InChI=1S/C16H18F2N2O4/c1-9(24-5-4-19(2)3)20-8-11(16(22)23)15(21)10-6-12(17)13(18)7-14(10)20/h6-9H,4-5H2,1-3H3,(H,22,23). The van der Waals surface area contributed by atoms with Gasteiger partial charge >= 0.3 is 5.97 Å². The molecule has 130 valence electrons. The summed E-state index contributed by atoms with van der Waals surface area (Å²) in [6, 6.07) is 1.58. The van der Waals surface area contributed by atoms with Crippen LogP contribution >= 0.6 is 0 Å². The summed E-state index contributed by atoms with van der Waals surface area (Å²) >= 11 is 0. The van der Waals surface area contributed by atoms with Gasteiger partial charge in [0.15, 0.2) is 11.6 Å². The summed E-state index contributed by atoms with van der Waals surface area (Å²) in [4.78, 5) is 25.3. The predicted molar refractivity (Wildman–Crippen MR) is 84.3 cm³/mol. The van der Waals surface area contributed by atoms with Gasteiger partial charge in [0.25, 0.3) is 0 Å². The predicted octanol–water partition coefficient (Wildman–Crippen LogP) is 2.07. The molecule has 0 fully saturated rings. The number of aromatic carboxylic acids is 1. The molecule has 0 aliphatic rings. The maximum atomic E-state index is 13.6. The number of fused-ring (bicyclic) bond motifs is 1. The highest BCUT2D eigenvalue weighted by molar-refractivity contribution is 5.92. The summed E-state index contributed by atoms with van der Waals surface area (Å²) in [5.41, 5.74) is -1.33. The van der Waals surface area contributed by atoms with E-state index < -0.39 is 34.8 Å². The first-order valence-electron chi connectivity index (χ1n) is 7.26. The summed E-state index contributed by atoms with van der Waals surface area (Å²) in [7, 11) is 3.73. The van der Waals surface area contributed by atoms with Crippen molar-refractivity contribution < 1.29 is 23.4 Å². The molecule has 0 bridgehead atoms. The fraction of sp³-hybridized carbons (Fsp3) is 0.375. The molecular weight excluding hydrogens is 322 g/mol. The van der Waals surface area contributed by atoms with Gasteiger partial charge in [0.1, 0.15) is 11.8 Å². The smallest absolute Gasteiger partial charge is 0.341 e. The Balaban J connectivity index is 2.58. The summed E-state index contributed by atoms with van der Waals surface area (Å²) in [6.45, 7) is 2.59. The number of ether oxygens (including phenoxy) is 1. The molecule has 0 saturated heterocycles. The first-order chi connectivity index (χ1) is 11.2. The zero-order valence-electron chi connectivity index (χ0n) is 13.5. The van der Waals surface area contributed by atoms with E-state index in [1.165, 1.54) is 4.57 Å². The lowest BCUT2D eigenvalue weighted by atomic mass is 10.1. The number of hydrogen-bond donors (Lipinski definition) is 1. The molecule has 1 N–H and O–H groups in total. The normalized spacial score (nSPS) is 12.8. The van der Waals surface area contributed by atoms with E-state index in [0.717, 1.165) is 12.3 Å². The maximum Gasteiger partial charge on any atom is 0.341 e. The highest BCUT2D eigenvalue weighted by atomic mass is 19.2. The Morgan fingerprint density at radius 1 is 1.33 bits per heavy atom. The van der Waals surface area contributed by atoms with E-state index in [1.54, 1.807) is 6.92 Å². The van der Waals surface area contributed by atoms with Gasteiger partial charge in [0.05, 0.1) is 12.1 Å². The number of likely N-dealkylation sites (N-methyl/N-ethyl adjacent to an activating group) is 1. The van der Waals surface area contributed by atoms with Crippen LogP contribution in [-0.2, 0) is 4.74 Å². The number of pyridine rings is 1. The third-order valence-electron chi connectivity index (χ3n) is 3.59. The average Bonchev–Trinajstić information content (AvgIpc) is 2.48. The van der Waals surface area contributed by atoms with Gasteiger partial charge in [-0.2, -0.15) is 0 Å². The molecule has 0 amide bonds. The molecule has 0 spiro atoms. The molecule has 2 rings (SSSR count). The molecule has 0 saturated carbocycles. The second kappa shape index (κ2) is 7.06. The molecule has 1 aromatic carbocycles. The van der Waals surface area contributed by atoms with Crippen molar-refractivity contribution in [3.8, 4) is 0 Å².